The fourth-order valence-corrected chi connectivity index (χ4v) is 5.56. The number of allylic oxidation sites excluding steroid dienone is 1. The van der Waals surface area contributed by atoms with Crippen molar-refractivity contribution in [1.82, 2.24) is 0 Å². The summed E-state index contributed by atoms with van der Waals surface area (Å²) >= 11 is 0. The van der Waals surface area contributed by atoms with Crippen molar-refractivity contribution in [3.05, 3.63) is 57.7 Å². The molecule has 0 aromatic heterocycles. The number of nitrogens with two attached hydrogens (primary N) is 1. The summed E-state index contributed by atoms with van der Waals surface area (Å²) in [5, 5.41) is 32.5. The van der Waals surface area contributed by atoms with Crippen LogP contribution in [-0.4, -0.2) is 80.8 Å². The van der Waals surface area contributed by atoms with Gasteiger partial charge in [0.05, 0.1) is 23.9 Å². The molecule has 1 aliphatic heterocycles. The number of carbonyl (C=O) groups is 4. The highest BCUT2D eigenvalue weighted by molar-refractivity contribution is 6.40. The molecule has 10 heteroatoms. The van der Waals surface area contributed by atoms with Gasteiger partial charge in [-0.3, -0.25) is 19.2 Å². The smallest absolute Gasteiger partial charge is 0.198 e. The molecule has 1 aromatic carbocycles. The summed E-state index contributed by atoms with van der Waals surface area (Å²) in [6.07, 6.45) is -6.19. The number of benzene rings is 1. The number of aliphatic hydroxyl groups excluding tert-OH is 2. The van der Waals surface area contributed by atoms with Gasteiger partial charge in [-0.15, -0.1) is 0 Å². The Morgan fingerprint density at radius 3 is 2.33 bits per heavy atom. The van der Waals surface area contributed by atoms with E-state index >= 15 is 0 Å². The topological polar surface area (TPSA) is 173 Å². The summed E-state index contributed by atoms with van der Waals surface area (Å²) in [5.41, 5.74) is 3.22. The van der Waals surface area contributed by atoms with E-state index in [0.29, 0.717) is 0 Å². The van der Waals surface area contributed by atoms with E-state index in [0.717, 1.165) is 0 Å². The Labute approximate surface area is 206 Å². The first kappa shape index (κ1) is 24.8. The quantitative estimate of drug-likeness (QED) is 0.414. The fourth-order valence-electron chi connectivity index (χ4n) is 5.56. The molecule has 0 radical (unpaired) electrons. The normalized spacial score (nSPS) is 36.4. The van der Waals surface area contributed by atoms with Crippen molar-refractivity contribution in [3.63, 3.8) is 0 Å². The van der Waals surface area contributed by atoms with Crippen LogP contribution in [0.3, 0.4) is 0 Å². The lowest BCUT2D eigenvalue weighted by atomic mass is 9.66. The number of ether oxygens (including phenoxy) is 2. The van der Waals surface area contributed by atoms with Crippen molar-refractivity contribution in [3.8, 4) is 0 Å². The second-order valence-electron chi connectivity index (χ2n) is 9.92. The molecule has 1 heterocycles. The maximum absolute atomic E-state index is 13.8. The highest BCUT2D eigenvalue weighted by Gasteiger charge is 2.53. The van der Waals surface area contributed by atoms with Crippen molar-refractivity contribution in [2.75, 3.05) is 0 Å². The highest BCUT2D eigenvalue weighted by Crippen LogP contribution is 2.46. The van der Waals surface area contributed by atoms with Gasteiger partial charge in [-0.2, -0.15) is 0 Å². The molecule has 0 amide bonds. The fraction of sp³-hybridized carbons (Fsp3) is 0.462. The summed E-state index contributed by atoms with van der Waals surface area (Å²) in [6, 6.07) is 5.35. The lowest BCUT2D eigenvalue weighted by Gasteiger charge is -2.44. The van der Waals surface area contributed by atoms with Crippen LogP contribution in [-0.2, 0) is 19.1 Å². The maximum Gasteiger partial charge on any atom is 0.198 e. The number of rotatable bonds is 3. The van der Waals surface area contributed by atoms with Crippen LogP contribution in [0.1, 0.15) is 53.8 Å². The zero-order chi connectivity index (χ0) is 26.1. The third-order valence-corrected chi connectivity index (χ3v) is 7.63. The minimum Gasteiger partial charge on any atom is -0.389 e. The van der Waals surface area contributed by atoms with Crippen molar-refractivity contribution in [2.24, 2.45) is 5.73 Å². The van der Waals surface area contributed by atoms with Crippen LogP contribution >= 0.6 is 0 Å². The van der Waals surface area contributed by atoms with Crippen molar-refractivity contribution >= 4 is 23.1 Å². The van der Waals surface area contributed by atoms with Gasteiger partial charge in [-0.25, -0.2) is 0 Å². The molecule has 1 fully saturated rings. The van der Waals surface area contributed by atoms with Crippen LogP contribution in [0.5, 0.6) is 0 Å². The number of hydrogen-bond acceptors (Lipinski definition) is 10. The largest absolute Gasteiger partial charge is 0.389 e. The Morgan fingerprint density at radius 2 is 1.72 bits per heavy atom. The molecule has 5 N–H and O–H groups in total. The standard InChI is InChI=1S/C26H27NO9/c1-10-21(29)15(27)7-17(35-10)36-16-9-26(34,11(2)28)8-14-18(16)25(33)20-19(24(14)32)22(30)12-5-3-4-6-13(12)23(20)31/h3-6,10,15-17,21,24,29,32,34H,7-9,27H2,1-2H3/t10-,15-,16-,17-,21+,24?,26-/m0/s1. The first-order valence-corrected chi connectivity index (χ1v) is 11.8. The lowest BCUT2D eigenvalue weighted by molar-refractivity contribution is -0.239. The minimum absolute atomic E-state index is 0.0403. The highest BCUT2D eigenvalue weighted by atomic mass is 16.7. The van der Waals surface area contributed by atoms with E-state index < -0.39 is 77.5 Å². The summed E-state index contributed by atoms with van der Waals surface area (Å²) < 4.78 is 11.7. The van der Waals surface area contributed by atoms with E-state index in [2.05, 4.69) is 0 Å². The molecule has 190 valence electrons. The van der Waals surface area contributed by atoms with E-state index in [9.17, 15) is 34.5 Å². The van der Waals surface area contributed by atoms with Crippen LogP contribution in [0.25, 0.3) is 0 Å². The van der Waals surface area contributed by atoms with Gasteiger partial charge in [0.15, 0.2) is 29.4 Å². The average Bonchev–Trinajstić information content (AvgIpc) is 2.82. The van der Waals surface area contributed by atoms with E-state index in [4.69, 9.17) is 15.2 Å². The van der Waals surface area contributed by atoms with Crippen molar-refractivity contribution < 1.29 is 44.0 Å². The lowest BCUT2D eigenvalue weighted by Crippen LogP contribution is -2.55. The first-order chi connectivity index (χ1) is 16.9. The molecule has 1 unspecified atom stereocenters. The number of carbonyl (C=O) groups excluding carboxylic acids is 4. The molecule has 1 saturated heterocycles. The second kappa shape index (κ2) is 8.62. The van der Waals surface area contributed by atoms with Gasteiger partial charge < -0.3 is 30.5 Å². The van der Waals surface area contributed by atoms with Gasteiger partial charge in [0.25, 0.3) is 0 Å². The number of hydrogen-bond donors (Lipinski definition) is 4. The molecule has 7 atom stereocenters. The van der Waals surface area contributed by atoms with Gasteiger partial charge in [0.1, 0.15) is 11.7 Å². The molecule has 5 rings (SSSR count). The Morgan fingerprint density at radius 1 is 1.08 bits per heavy atom. The van der Waals surface area contributed by atoms with Gasteiger partial charge in [0, 0.05) is 47.6 Å². The third kappa shape index (κ3) is 3.64. The van der Waals surface area contributed by atoms with Crippen LogP contribution < -0.4 is 5.73 Å². The van der Waals surface area contributed by atoms with E-state index in [1.54, 1.807) is 19.1 Å². The van der Waals surface area contributed by atoms with Gasteiger partial charge >= 0.3 is 0 Å². The molecule has 10 nitrogen and oxygen atoms in total. The molecule has 3 aliphatic carbocycles. The molecule has 0 saturated carbocycles. The van der Waals surface area contributed by atoms with Gasteiger partial charge in [-0.1, -0.05) is 24.3 Å². The molecule has 1 aromatic rings. The molecular weight excluding hydrogens is 470 g/mol. The summed E-state index contributed by atoms with van der Waals surface area (Å²) in [6.45, 7) is 2.79. The molecule has 0 spiro atoms. The first-order valence-electron chi connectivity index (χ1n) is 11.8. The van der Waals surface area contributed by atoms with Crippen molar-refractivity contribution in [1.29, 1.82) is 0 Å². The zero-order valence-electron chi connectivity index (χ0n) is 19.8. The van der Waals surface area contributed by atoms with Crippen LogP contribution in [0.2, 0.25) is 0 Å². The second-order valence-corrected chi connectivity index (χ2v) is 9.92. The number of fused-ring (bicyclic) bond motifs is 1. The summed E-state index contributed by atoms with van der Waals surface area (Å²) in [7, 11) is 0. The van der Waals surface area contributed by atoms with E-state index in [1.165, 1.54) is 19.1 Å². The molecule has 36 heavy (non-hydrogen) atoms. The van der Waals surface area contributed by atoms with Gasteiger partial charge in [-0.05, 0) is 19.4 Å². The van der Waals surface area contributed by atoms with Crippen molar-refractivity contribution in [2.45, 2.75) is 75.5 Å². The monoisotopic (exact) mass is 497 g/mol. The summed E-state index contributed by atoms with van der Waals surface area (Å²) in [4.78, 5) is 52.7. The predicted molar refractivity (Wildman–Crippen MR) is 123 cm³/mol. The SMILES string of the molecule is CC(=O)[C@]1(O)CC2=C(C(=O)C3=C(C(=O)c4ccccc4C3=O)C2O)[C@@H](O[C@H]2C[C@H](N)[C@H](O)[C@H](C)O2)C1. The minimum atomic E-state index is -1.98. The Hall–Kier alpha value is -2.86. The number of ketones is 4. The van der Waals surface area contributed by atoms with Gasteiger partial charge in [0.2, 0.25) is 0 Å². The third-order valence-electron chi connectivity index (χ3n) is 7.63. The van der Waals surface area contributed by atoms with E-state index in [1.807, 2.05) is 0 Å². The summed E-state index contributed by atoms with van der Waals surface area (Å²) in [5.74, 6) is -2.74. The van der Waals surface area contributed by atoms with Crippen LogP contribution in [0.15, 0.2) is 46.6 Å². The predicted octanol–water partition coefficient (Wildman–Crippen LogP) is -0.0754. The molecular formula is C26H27NO9. The average molecular weight is 498 g/mol. The zero-order valence-corrected chi connectivity index (χ0v) is 19.8. The van der Waals surface area contributed by atoms with E-state index in [-0.39, 0.29) is 40.7 Å². The number of aliphatic hydroxyl groups is 3. The van der Waals surface area contributed by atoms with Crippen LogP contribution in [0.4, 0.5) is 0 Å². The Balaban J connectivity index is 1.58. The maximum atomic E-state index is 13.8. The molecule has 0 bridgehead atoms. The van der Waals surface area contributed by atoms with Crippen LogP contribution in [0, 0.1) is 0 Å². The Bertz CT molecular complexity index is 1250. The number of Topliss-reactive ketones (excluding diaryl/α,β-unsaturated/α-hetero) is 4. The Kier molecular flexibility index (Phi) is 5.94. The molecule has 4 aliphatic rings.